The van der Waals surface area contributed by atoms with Crippen LogP contribution in [0.2, 0.25) is 0 Å². The van der Waals surface area contributed by atoms with E-state index in [0.29, 0.717) is 12.0 Å². The fourth-order valence-corrected chi connectivity index (χ4v) is 2.87. The quantitative estimate of drug-likeness (QED) is 0.931. The van der Waals surface area contributed by atoms with Gasteiger partial charge in [-0.25, -0.2) is 4.39 Å². The van der Waals surface area contributed by atoms with E-state index in [0.717, 1.165) is 18.7 Å². The summed E-state index contributed by atoms with van der Waals surface area (Å²) in [4.78, 5) is 0. The van der Waals surface area contributed by atoms with Crippen molar-refractivity contribution in [3.8, 4) is 0 Å². The van der Waals surface area contributed by atoms with Gasteiger partial charge in [-0.05, 0) is 43.4 Å². The lowest BCUT2D eigenvalue weighted by atomic mass is 9.75. The molecule has 1 aromatic carbocycles. The van der Waals surface area contributed by atoms with E-state index in [9.17, 15) is 4.39 Å². The van der Waals surface area contributed by atoms with Crippen LogP contribution in [0.1, 0.15) is 43.1 Å². The lowest BCUT2D eigenvalue weighted by Gasteiger charge is -2.38. The first-order valence-electron chi connectivity index (χ1n) is 6.99. The first-order chi connectivity index (χ1) is 9.63. The molecule has 1 saturated carbocycles. The van der Waals surface area contributed by atoms with Gasteiger partial charge < -0.3 is 9.88 Å². The van der Waals surface area contributed by atoms with Crippen molar-refractivity contribution in [2.24, 2.45) is 7.05 Å². The van der Waals surface area contributed by atoms with Gasteiger partial charge in [-0.1, -0.05) is 12.1 Å². The number of rotatable bonds is 4. The van der Waals surface area contributed by atoms with Crippen molar-refractivity contribution in [1.82, 2.24) is 20.1 Å². The van der Waals surface area contributed by atoms with Gasteiger partial charge in [0.1, 0.15) is 18.0 Å². The van der Waals surface area contributed by atoms with E-state index in [1.54, 1.807) is 6.33 Å². The Balaban J connectivity index is 1.53. The van der Waals surface area contributed by atoms with Crippen LogP contribution in [0.3, 0.4) is 0 Å². The Bertz CT molecular complexity index is 572. The van der Waals surface area contributed by atoms with Crippen molar-refractivity contribution in [3.05, 3.63) is 47.8 Å². The second-order valence-electron chi connectivity index (χ2n) is 5.61. The zero-order valence-electron chi connectivity index (χ0n) is 11.8. The summed E-state index contributed by atoms with van der Waals surface area (Å²) < 4.78 is 14.8. The molecule has 0 radical (unpaired) electrons. The van der Waals surface area contributed by atoms with E-state index >= 15 is 0 Å². The molecule has 5 heteroatoms. The molecule has 1 atom stereocenters. The van der Waals surface area contributed by atoms with E-state index < -0.39 is 0 Å². The standard InChI is InChI=1S/C15H19FN4/c1-10(15-19-17-9-20(15)2)18-14-7-12(8-14)11-3-5-13(16)6-4-11/h3-6,9-10,12,14,18H,7-8H2,1-2H3. The second-order valence-corrected chi connectivity index (χ2v) is 5.61. The lowest BCUT2D eigenvalue weighted by Crippen LogP contribution is -2.41. The average Bonchev–Trinajstić information content (AvgIpc) is 2.81. The summed E-state index contributed by atoms with van der Waals surface area (Å²) >= 11 is 0. The summed E-state index contributed by atoms with van der Waals surface area (Å²) in [6.45, 7) is 2.11. The molecule has 106 valence electrons. The van der Waals surface area contributed by atoms with Gasteiger partial charge in [0.05, 0.1) is 6.04 Å². The smallest absolute Gasteiger partial charge is 0.149 e. The van der Waals surface area contributed by atoms with Crippen LogP contribution in [0.15, 0.2) is 30.6 Å². The fraction of sp³-hybridized carbons (Fsp3) is 0.467. The van der Waals surface area contributed by atoms with E-state index in [2.05, 4.69) is 22.4 Å². The Hall–Kier alpha value is -1.75. The molecule has 0 spiro atoms. The van der Waals surface area contributed by atoms with Crippen LogP contribution < -0.4 is 5.32 Å². The number of nitrogens with one attached hydrogen (secondary N) is 1. The molecule has 4 nitrogen and oxygen atoms in total. The third-order valence-electron chi connectivity index (χ3n) is 4.10. The Morgan fingerprint density at radius 3 is 2.60 bits per heavy atom. The van der Waals surface area contributed by atoms with Crippen molar-refractivity contribution in [2.75, 3.05) is 0 Å². The minimum absolute atomic E-state index is 0.168. The Kier molecular flexibility index (Phi) is 3.53. The maximum atomic E-state index is 12.9. The van der Waals surface area contributed by atoms with Crippen LogP contribution >= 0.6 is 0 Å². The molecular formula is C15H19FN4. The third kappa shape index (κ3) is 2.58. The molecule has 20 heavy (non-hydrogen) atoms. The molecule has 0 saturated heterocycles. The molecule has 2 aromatic rings. The minimum Gasteiger partial charge on any atom is -0.319 e. The van der Waals surface area contributed by atoms with Crippen LogP contribution in [0, 0.1) is 5.82 Å². The number of hydrogen-bond donors (Lipinski definition) is 1. The highest BCUT2D eigenvalue weighted by atomic mass is 19.1. The van der Waals surface area contributed by atoms with Gasteiger partial charge in [-0.15, -0.1) is 10.2 Å². The zero-order chi connectivity index (χ0) is 14.1. The molecule has 1 aliphatic rings. The zero-order valence-corrected chi connectivity index (χ0v) is 11.8. The summed E-state index contributed by atoms with van der Waals surface area (Å²) in [5, 5.41) is 11.6. The predicted octanol–water partition coefficient (Wildman–Crippen LogP) is 2.55. The van der Waals surface area contributed by atoms with Gasteiger partial charge in [0.2, 0.25) is 0 Å². The summed E-state index contributed by atoms with van der Waals surface area (Å²) in [6, 6.07) is 7.56. The predicted molar refractivity (Wildman–Crippen MR) is 74.7 cm³/mol. The summed E-state index contributed by atoms with van der Waals surface area (Å²) in [5.41, 5.74) is 1.23. The van der Waals surface area contributed by atoms with Crippen LogP contribution in [0.4, 0.5) is 4.39 Å². The van der Waals surface area contributed by atoms with Gasteiger partial charge in [-0.2, -0.15) is 0 Å². The van der Waals surface area contributed by atoms with Crippen LogP contribution in [0.25, 0.3) is 0 Å². The van der Waals surface area contributed by atoms with Crippen molar-refractivity contribution in [3.63, 3.8) is 0 Å². The molecule has 0 aliphatic heterocycles. The number of aromatic nitrogens is 3. The molecule has 1 aromatic heterocycles. The highest BCUT2D eigenvalue weighted by Gasteiger charge is 2.31. The molecule has 1 heterocycles. The first kappa shape index (κ1) is 13.2. The second kappa shape index (κ2) is 5.32. The third-order valence-corrected chi connectivity index (χ3v) is 4.10. The van der Waals surface area contributed by atoms with Gasteiger partial charge in [-0.3, -0.25) is 0 Å². The van der Waals surface area contributed by atoms with Crippen molar-refractivity contribution >= 4 is 0 Å². The maximum Gasteiger partial charge on any atom is 0.149 e. The van der Waals surface area contributed by atoms with Crippen molar-refractivity contribution in [2.45, 2.75) is 37.8 Å². The van der Waals surface area contributed by atoms with E-state index in [-0.39, 0.29) is 11.9 Å². The van der Waals surface area contributed by atoms with Crippen LogP contribution in [-0.2, 0) is 7.05 Å². The van der Waals surface area contributed by atoms with Crippen LogP contribution in [0.5, 0.6) is 0 Å². The molecule has 3 rings (SSSR count). The molecule has 1 fully saturated rings. The Labute approximate surface area is 118 Å². The molecule has 1 N–H and O–H groups in total. The Morgan fingerprint density at radius 2 is 2.00 bits per heavy atom. The molecule has 0 amide bonds. The summed E-state index contributed by atoms with van der Waals surface area (Å²) in [7, 11) is 1.95. The molecule has 1 aliphatic carbocycles. The van der Waals surface area contributed by atoms with E-state index in [1.807, 2.05) is 23.7 Å². The Morgan fingerprint density at radius 1 is 1.30 bits per heavy atom. The normalized spacial score (nSPS) is 23.4. The number of nitrogens with zero attached hydrogens (tertiary/aromatic N) is 3. The van der Waals surface area contributed by atoms with Crippen molar-refractivity contribution < 1.29 is 4.39 Å². The van der Waals surface area contributed by atoms with Gasteiger partial charge >= 0.3 is 0 Å². The van der Waals surface area contributed by atoms with Gasteiger partial charge in [0, 0.05) is 13.1 Å². The molecular weight excluding hydrogens is 255 g/mol. The topological polar surface area (TPSA) is 42.7 Å². The van der Waals surface area contributed by atoms with E-state index in [4.69, 9.17) is 0 Å². The largest absolute Gasteiger partial charge is 0.319 e. The van der Waals surface area contributed by atoms with Crippen LogP contribution in [-0.4, -0.2) is 20.8 Å². The number of halogens is 1. The fourth-order valence-electron chi connectivity index (χ4n) is 2.87. The highest BCUT2D eigenvalue weighted by Crippen LogP contribution is 2.37. The SMILES string of the molecule is CC(NC1CC(c2ccc(F)cc2)C1)c1nncn1C. The molecule has 1 unspecified atom stereocenters. The minimum atomic E-state index is -0.168. The summed E-state index contributed by atoms with van der Waals surface area (Å²) in [6.07, 6.45) is 3.90. The highest BCUT2D eigenvalue weighted by molar-refractivity contribution is 5.23. The first-order valence-corrected chi connectivity index (χ1v) is 6.99. The average molecular weight is 274 g/mol. The van der Waals surface area contributed by atoms with E-state index in [1.165, 1.54) is 17.7 Å². The monoisotopic (exact) mass is 274 g/mol. The van der Waals surface area contributed by atoms with Crippen molar-refractivity contribution in [1.29, 1.82) is 0 Å². The summed E-state index contributed by atoms with van der Waals surface area (Å²) in [5.74, 6) is 1.33. The molecule has 0 bridgehead atoms. The lowest BCUT2D eigenvalue weighted by molar-refractivity contribution is 0.266. The maximum absolute atomic E-state index is 12.9. The van der Waals surface area contributed by atoms with Gasteiger partial charge in [0.15, 0.2) is 0 Å². The number of aryl methyl sites for hydroxylation is 1. The number of hydrogen-bond acceptors (Lipinski definition) is 3. The van der Waals surface area contributed by atoms with Gasteiger partial charge in [0.25, 0.3) is 0 Å². The number of benzene rings is 1.